The molecule has 0 saturated heterocycles. The van der Waals surface area contributed by atoms with E-state index in [0.717, 1.165) is 0 Å². The molecule has 0 unspecified atom stereocenters. The summed E-state index contributed by atoms with van der Waals surface area (Å²) < 4.78 is 33.1. The molecule has 7 heteroatoms. The highest BCUT2D eigenvalue weighted by molar-refractivity contribution is 5.85. The molecule has 0 amide bonds. The summed E-state index contributed by atoms with van der Waals surface area (Å²) in [6.45, 7) is 0. The van der Waals surface area contributed by atoms with Crippen molar-refractivity contribution in [1.82, 2.24) is 0 Å². The first-order valence-corrected chi connectivity index (χ1v) is 1.53. The number of hydrogen-bond donors (Lipinski definition) is 2. The Morgan fingerprint density at radius 2 is 1.78 bits per heavy atom. The van der Waals surface area contributed by atoms with E-state index in [4.69, 9.17) is 5.21 Å². The van der Waals surface area contributed by atoms with Gasteiger partial charge in [-0.15, -0.1) is 12.4 Å². The molecule has 0 aliphatic carbocycles. The summed E-state index contributed by atoms with van der Waals surface area (Å²) in [5, 5.41) is 9.14. The van der Waals surface area contributed by atoms with E-state index in [0.29, 0.717) is 0 Å². The lowest BCUT2D eigenvalue weighted by Gasteiger charge is -1.99. The molecule has 0 saturated carbocycles. The molecule has 0 aromatic carbocycles. The zero-order valence-corrected chi connectivity index (χ0v) is 4.83. The third kappa shape index (κ3) is 3.89. The number of nitrogens with zero attached hydrogens (tertiary/aromatic N) is 1. The average Bonchev–Trinajstić information content (AvgIpc) is 1.62. The Bertz CT molecular complexity index is 111. The van der Waals surface area contributed by atoms with Crippen molar-refractivity contribution in [2.24, 2.45) is 10.9 Å². The van der Waals surface area contributed by atoms with Crippen molar-refractivity contribution < 1.29 is 18.4 Å². The smallest absolute Gasteiger partial charge is 0.409 e. The number of halogens is 4. The fourth-order valence-corrected chi connectivity index (χ4v) is 0.0567. The summed E-state index contributed by atoms with van der Waals surface area (Å²) >= 11 is 0. The van der Waals surface area contributed by atoms with Crippen LogP contribution in [0.5, 0.6) is 0 Å². The van der Waals surface area contributed by atoms with E-state index in [1.165, 1.54) is 0 Å². The summed E-state index contributed by atoms with van der Waals surface area (Å²) in [6, 6.07) is 0. The quantitative estimate of drug-likeness (QED) is 0.240. The normalized spacial score (nSPS) is 12.6. The minimum absolute atomic E-state index is 0. The van der Waals surface area contributed by atoms with Crippen LogP contribution in [-0.4, -0.2) is 17.2 Å². The van der Waals surface area contributed by atoms with E-state index in [1.807, 2.05) is 0 Å². The van der Waals surface area contributed by atoms with Crippen molar-refractivity contribution in [2.45, 2.75) is 6.18 Å². The van der Waals surface area contributed by atoms with E-state index in [1.54, 1.807) is 5.16 Å². The minimum atomic E-state index is -4.71. The number of amidine groups is 1. The Hall–Kier alpha value is -0.650. The first-order valence-electron chi connectivity index (χ1n) is 1.53. The monoisotopic (exact) mass is 164 g/mol. The highest BCUT2D eigenvalue weighted by atomic mass is 35.5. The number of nitrogens with two attached hydrogens (primary N) is 1. The van der Waals surface area contributed by atoms with Gasteiger partial charge in [-0.2, -0.15) is 13.2 Å². The molecule has 0 atom stereocenters. The van der Waals surface area contributed by atoms with E-state index >= 15 is 0 Å². The van der Waals surface area contributed by atoms with Crippen LogP contribution in [0.25, 0.3) is 0 Å². The summed E-state index contributed by atoms with van der Waals surface area (Å²) in [6.07, 6.45) is -4.71. The summed E-state index contributed by atoms with van der Waals surface area (Å²) in [5.74, 6) is -1.74. The molecule has 0 fully saturated rings. The molecule has 0 radical (unpaired) electrons. The van der Waals surface area contributed by atoms with E-state index in [-0.39, 0.29) is 12.4 Å². The van der Waals surface area contributed by atoms with Crippen LogP contribution in [0.4, 0.5) is 13.2 Å². The van der Waals surface area contributed by atoms with Crippen LogP contribution in [0, 0.1) is 0 Å². The maximum absolute atomic E-state index is 11.0. The van der Waals surface area contributed by atoms with E-state index < -0.39 is 12.0 Å². The lowest BCUT2D eigenvalue weighted by molar-refractivity contribution is -0.0620. The van der Waals surface area contributed by atoms with Gasteiger partial charge in [-0.3, -0.25) is 0 Å². The maximum Gasteiger partial charge on any atom is 0.452 e. The molecule has 0 spiro atoms. The lowest BCUT2D eigenvalue weighted by Crippen LogP contribution is -2.30. The summed E-state index contributed by atoms with van der Waals surface area (Å²) in [7, 11) is 0. The molecule has 0 heterocycles. The molecule has 0 rings (SSSR count). The summed E-state index contributed by atoms with van der Waals surface area (Å²) in [4.78, 5) is 0. The maximum atomic E-state index is 11.0. The number of alkyl halides is 3. The van der Waals surface area contributed by atoms with Crippen molar-refractivity contribution in [3.63, 3.8) is 0 Å². The molecule has 3 N–H and O–H groups in total. The Kier molecular flexibility index (Phi) is 4.21. The van der Waals surface area contributed by atoms with Crippen LogP contribution in [0.3, 0.4) is 0 Å². The van der Waals surface area contributed by atoms with Gasteiger partial charge in [0.25, 0.3) is 0 Å². The van der Waals surface area contributed by atoms with Gasteiger partial charge in [-0.05, 0) is 0 Å². The van der Waals surface area contributed by atoms with Crippen LogP contribution in [0.15, 0.2) is 5.16 Å². The Morgan fingerprint density at radius 3 is 1.78 bits per heavy atom. The number of oxime groups is 1. The largest absolute Gasteiger partial charge is 0.452 e. The second-order valence-electron chi connectivity index (χ2n) is 0.983. The molecule has 0 aromatic rings. The van der Waals surface area contributed by atoms with Gasteiger partial charge >= 0.3 is 6.18 Å². The SMILES string of the molecule is Cl.NC(=NO)C(F)(F)F. The molecule has 0 aliphatic rings. The fraction of sp³-hybridized carbons (Fsp3) is 0.500. The Morgan fingerprint density at radius 1 is 1.44 bits per heavy atom. The van der Waals surface area contributed by atoms with Gasteiger partial charge in [-0.1, -0.05) is 5.16 Å². The van der Waals surface area contributed by atoms with Crippen molar-refractivity contribution in [3.05, 3.63) is 0 Å². The minimum Gasteiger partial charge on any atom is -0.409 e. The van der Waals surface area contributed by atoms with Crippen molar-refractivity contribution in [1.29, 1.82) is 0 Å². The Balaban J connectivity index is 0. The van der Waals surface area contributed by atoms with Crippen LogP contribution < -0.4 is 5.73 Å². The van der Waals surface area contributed by atoms with E-state index in [9.17, 15) is 13.2 Å². The second kappa shape index (κ2) is 3.39. The van der Waals surface area contributed by atoms with E-state index in [2.05, 4.69) is 5.73 Å². The number of rotatable bonds is 0. The van der Waals surface area contributed by atoms with Crippen LogP contribution in [0.2, 0.25) is 0 Å². The third-order valence-corrected chi connectivity index (χ3v) is 0.398. The summed E-state index contributed by atoms with van der Waals surface area (Å²) in [5.41, 5.74) is 4.12. The van der Waals surface area contributed by atoms with Gasteiger partial charge in [0.15, 0.2) is 0 Å². The Labute approximate surface area is 54.7 Å². The molecular formula is C2H4ClF3N2O. The van der Waals surface area contributed by atoms with Crippen molar-refractivity contribution >= 4 is 18.2 Å². The lowest BCUT2D eigenvalue weighted by atomic mass is 10.6. The first kappa shape index (κ1) is 11.2. The van der Waals surface area contributed by atoms with Gasteiger partial charge in [0.05, 0.1) is 0 Å². The molecule has 56 valence electrons. The van der Waals surface area contributed by atoms with Crippen molar-refractivity contribution in [2.75, 3.05) is 0 Å². The molecule has 0 aromatic heterocycles. The van der Waals surface area contributed by atoms with Gasteiger partial charge in [0.1, 0.15) is 0 Å². The van der Waals surface area contributed by atoms with Crippen LogP contribution in [0.1, 0.15) is 0 Å². The van der Waals surface area contributed by atoms with Gasteiger partial charge in [-0.25, -0.2) is 0 Å². The first-order chi connectivity index (χ1) is 3.48. The van der Waals surface area contributed by atoms with Gasteiger partial charge in [0.2, 0.25) is 5.84 Å². The van der Waals surface area contributed by atoms with Crippen molar-refractivity contribution in [3.8, 4) is 0 Å². The average molecular weight is 165 g/mol. The van der Waals surface area contributed by atoms with Gasteiger partial charge < -0.3 is 10.9 Å². The molecule has 0 aliphatic heterocycles. The molecular weight excluding hydrogens is 160 g/mol. The standard InChI is InChI=1S/C2H3F3N2O.ClH/c3-2(4,5)1(6)7-8;/h8H,(H2,6,7);1H. The topological polar surface area (TPSA) is 58.6 Å². The highest BCUT2D eigenvalue weighted by Crippen LogP contribution is 2.13. The predicted molar refractivity (Wildman–Crippen MR) is 26.7 cm³/mol. The third-order valence-electron chi connectivity index (χ3n) is 0.398. The zero-order valence-electron chi connectivity index (χ0n) is 4.01. The van der Waals surface area contributed by atoms with Gasteiger partial charge in [0, 0.05) is 0 Å². The molecule has 0 bridgehead atoms. The molecule has 9 heavy (non-hydrogen) atoms. The van der Waals surface area contributed by atoms with Crippen LogP contribution >= 0.6 is 12.4 Å². The highest BCUT2D eigenvalue weighted by Gasteiger charge is 2.34. The fourth-order valence-electron chi connectivity index (χ4n) is 0.0567. The van der Waals surface area contributed by atoms with Crippen LogP contribution in [-0.2, 0) is 0 Å². The predicted octanol–water partition coefficient (Wildman–Crippen LogP) is 0.717. The number of hydrogen-bond acceptors (Lipinski definition) is 2. The zero-order chi connectivity index (χ0) is 6.78. The second-order valence-corrected chi connectivity index (χ2v) is 0.983. The molecule has 3 nitrogen and oxygen atoms in total.